The van der Waals surface area contributed by atoms with Crippen molar-refractivity contribution in [1.82, 2.24) is 0 Å². The van der Waals surface area contributed by atoms with Gasteiger partial charge in [0.1, 0.15) is 5.75 Å². The first kappa shape index (κ1) is 19.2. The third-order valence-corrected chi connectivity index (χ3v) is 3.00. The Kier molecular flexibility index (Phi) is 11.0. The number of methoxy groups -OCH3 is 1. The van der Waals surface area contributed by atoms with Gasteiger partial charge in [-0.2, -0.15) is 0 Å². The third-order valence-electron chi connectivity index (χ3n) is 3.00. The molecule has 0 aliphatic heterocycles. The lowest BCUT2D eigenvalue weighted by Crippen LogP contribution is -1.89. The van der Waals surface area contributed by atoms with Crippen molar-refractivity contribution < 1.29 is 4.74 Å². The minimum Gasteiger partial charge on any atom is -0.497 e. The Hall–Kier alpha value is -1.76. The van der Waals surface area contributed by atoms with Gasteiger partial charge >= 0.3 is 0 Å². The molecule has 0 N–H and O–H groups in total. The molecule has 21 heavy (non-hydrogen) atoms. The van der Waals surface area contributed by atoms with Crippen LogP contribution in [0, 0.1) is 0 Å². The van der Waals surface area contributed by atoms with Crippen molar-refractivity contribution >= 4 is 0 Å². The summed E-state index contributed by atoms with van der Waals surface area (Å²) in [6.45, 7) is 10.2. The molecule has 0 aromatic heterocycles. The van der Waals surface area contributed by atoms with E-state index in [0.29, 0.717) is 0 Å². The maximum atomic E-state index is 5.15. The number of ether oxygens (including phenoxy) is 1. The lowest BCUT2D eigenvalue weighted by Gasteiger charge is -2.05. The fourth-order valence-electron chi connectivity index (χ4n) is 1.87. The van der Waals surface area contributed by atoms with Gasteiger partial charge in [0, 0.05) is 0 Å². The standard InChI is InChI=1S/C16H18O.2C2H6/c1-3-13-4-6-14(7-5-13)12-15-8-10-16(17-2)11-9-15;2*1-2/h4-11H,3,12H2,1-2H3;2*1-2H3. The summed E-state index contributed by atoms with van der Waals surface area (Å²) in [5.74, 6) is 0.912. The molecule has 0 unspecified atom stereocenters. The van der Waals surface area contributed by atoms with E-state index in [-0.39, 0.29) is 0 Å². The van der Waals surface area contributed by atoms with E-state index >= 15 is 0 Å². The molecular formula is C20H30O. The molecule has 0 heterocycles. The first-order valence-electron chi connectivity index (χ1n) is 8.02. The van der Waals surface area contributed by atoms with Gasteiger partial charge in [0.05, 0.1) is 7.11 Å². The summed E-state index contributed by atoms with van der Waals surface area (Å²) in [6, 6.07) is 17.1. The maximum Gasteiger partial charge on any atom is 0.118 e. The van der Waals surface area contributed by atoms with Crippen LogP contribution in [0.5, 0.6) is 5.75 Å². The van der Waals surface area contributed by atoms with E-state index in [9.17, 15) is 0 Å². The van der Waals surface area contributed by atoms with Gasteiger partial charge in [0.25, 0.3) is 0 Å². The van der Waals surface area contributed by atoms with Crippen molar-refractivity contribution in [2.24, 2.45) is 0 Å². The molecule has 1 heteroatoms. The van der Waals surface area contributed by atoms with Crippen LogP contribution in [0.4, 0.5) is 0 Å². The molecule has 0 bridgehead atoms. The molecule has 0 atom stereocenters. The van der Waals surface area contributed by atoms with Crippen LogP contribution in [0.25, 0.3) is 0 Å². The SMILES string of the molecule is CC.CC.CCc1ccc(Cc2ccc(OC)cc2)cc1. The Morgan fingerprint density at radius 2 is 1.05 bits per heavy atom. The van der Waals surface area contributed by atoms with Crippen molar-refractivity contribution in [3.05, 3.63) is 65.2 Å². The second-order valence-corrected chi connectivity index (χ2v) is 4.19. The first-order valence-corrected chi connectivity index (χ1v) is 8.02. The minimum absolute atomic E-state index is 0.912. The monoisotopic (exact) mass is 286 g/mol. The summed E-state index contributed by atoms with van der Waals surface area (Å²) >= 11 is 0. The van der Waals surface area contributed by atoms with Crippen LogP contribution >= 0.6 is 0 Å². The zero-order valence-electron chi connectivity index (χ0n) is 14.4. The van der Waals surface area contributed by atoms with Gasteiger partial charge in [-0.15, -0.1) is 0 Å². The quantitative estimate of drug-likeness (QED) is 0.679. The molecule has 2 aromatic carbocycles. The highest BCUT2D eigenvalue weighted by Crippen LogP contribution is 2.15. The van der Waals surface area contributed by atoms with E-state index in [1.165, 1.54) is 16.7 Å². The third kappa shape index (κ3) is 6.99. The molecule has 0 saturated heterocycles. The molecule has 1 nitrogen and oxygen atoms in total. The second-order valence-electron chi connectivity index (χ2n) is 4.19. The average Bonchev–Trinajstić information content (AvgIpc) is 2.60. The summed E-state index contributed by atoms with van der Waals surface area (Å²) in [6.07, 6.45) is 2.08. The summed E-state index contributed by atoms with van der Waals surface area (Å²) in [7, 11) is 1.69. The lowest BCUT2D eigenvalue weighted by atomic mass is 10.0. The molecule has 0 fully saturated rings. The highest BCUT2D eigenvalue weighted by molar-refractivity contribution is 5.32. The van der Waals surface area contributed by atoms with E-state index in [1.807, 2.05) is 39.8 Å². The molecule has 0 spiro atoms. The molecule has 0 aliphatic carbocycles. The number of aryl methyl sites for hydroxylation is 1. The topological polar surface area (TPSA) is 9.23 Å². The zero-order valence-corrected chi connectivity index (χ0v) is 14.4. The molecule has 116 valence electrons. The smallest absolute Gasteiger partial charge is 0.118 e. The van der Waals surface area contributed by atoms with Crippen molar-refractivity contribution in [2.75, 3.05) is 7.11 Å². The number of benzene rings is 2. The summed E-state index contributed by atoms with van der Waals surface area (Å²) in [5.41, 5.74) is 4.06. The highest BCUT2D eigenvalue weighted by atomic mass is 16.5. The molecule has 0 radical (unpaired) electrons. The Balaban J connectivity index is 0.000000921. The average molecular weight is 286 g/mol. The molecule has 0 saturated carbocycles. The fourth-order valence-corrected chi connectivity index (χ4v) is 1.87. The first-order chi connectivity index (χ1) is 10.3. The van der Waals surface area contributed by atoms with Crippen LogP contribution in [0.15, 0.2) is 48.5 Å². The Morgan fingerprint density at radius 3 is 1.43 bits per heavy atom. The zero-order chi connectivity index (χ0) is 16.1. The fraction of sp³-hybridized carbons (Fsp3) is 0.400. The van der Waals surface area contributed by atoms with Crippen LogP contribution < -0.4 is 4.74 Å². The number of hydrogen-bond acceptors (Lipinski definition) is 1. The van der Waals surface area contributed by atoms with Crippen molar-refractivity contribution in [1.29, 1.82) is 0 Å². The van der Waals surface area contributed by atoms with E-state index in [1.54, 1.807) is 7.11 Å². The van der Waals surface area contributed by atoms with Crippen LogP contribution in [-0.2, 0) is 12.8 Å². The van der Waals surface area contributed by atoms with Gasteiger partial charge in [-0.1, -0.05) is 71.0 Å². The van der Waals surface area contributed by atoms with E-state index in [2.05, 4.69) is 43.3 Å². The Labute approximate surface area is 131 Å². The van der Waals surface area contributed by atoms with Gasteiger partial charge < -0.3 is 4.74 Å². The van der Waals surface area contributed by atoms with Crippen LogP contribution in [-0.4, -0.2) is 7.11 Å². The van der Waals surface area contributed by atoms with Crippen molar-refractivity contribution in [3.8, 4) is 5.75 Å². The van der Waals surface area contributed by atoms with Gasteiger partial charge in [-0.3, -0.25) is 0 Å². The summed E-state index contributed by atoms with van der Waals surface area (Å²) in [4.78, 5) is 0. The van der Waals surface area contributed by atoms with Gasteiger partial charge in [-0.25, -0.2) is 0 Å². The predicted molar refractivity (Wildman–Crippen MR) is 94.3 cm³/mol. The Bertz CT molecular complexity index is 409. The molecule has 2 rings (SSSR count). The Morgan fingerprint density at radius 1 is 0.667 bits per heavy atom. The lowest BCUT2D eigenvalue weighted by molar-refractivity contribution is 0.414. The van der Waals surface area contributed by atoms with E-state index in [0.717, 1.165) is 18.6 Å². The van der Waals surface area contributed by atoms with Crippen LogP contribution in [0.1, 0.15) is 51.3 Å². The maximum absolute atomic E-state index is 5.15. The molecule has 0 amide bonds. The highest BCUT2D eigenvalue weighted by Gasteiger charge is 1.97. The summed E-state index contributed by atoms with van der Waals surface area (Å²) in [5, 5.41) is 0. The van der Waals surface area contributed by atoms with E-state index < -0.39 is 0 Å². The normalized spacial score (nSPS) is 8.86. The van der Waals surface area contributed by atoms with Crippen LogP contribution in [0.3, 0.4) is 0 Å². The molecule has 0 aliphatic rings. The summed E-state index contributed by atoms with van der Waals surface area (Å²) < 4.78 is 5.15. The second kappa shape index (κ2) is 12.0. The molecule has 2 aromatic rings. The van der Waals surface area contributed by atoms with Crippen LogP contribution in [0.2, 0.25) is 0 Å². The van der Waals surface area contributed by atoms with Gasteiger partial charge in [0.15, 0.2) is 0 Å². The van der Waals surface area contributed by atoms with Crippen molar-refractivity contribution in [3.63, 3.8) is 0 Å². The molecular weight excluding hydrogens is 256 g/mol. The van der Waals surface area contributed by atoms with E-state index in [4.69, 9.17) is 4.74 Å². The number of hydrogen-bond donors (Lipinski definition) is 0. The largest absolute Gasteiger partial charge is 0.497 e. The predicted octanol–water partition coefficient (Wildman–Crippen LogP) is 5.90. The van der Waals surface area contributed by atoms with Gasteiger partial charge in [0.2, 0.25) is 0 Å². The number of rotatable bonds is 4. The van der Waals surface area contributed by atoms with Gasteiger partial charge in [-0.05, 0) is 41.7 Å². The van der Waals surface area contributed by atoms with Crippen molar-refractivity contribution in [2.45, 2.75) is 47.5 Å². The minimum atomic E-state index is 0.912.